The Bertz CT molecular complexity index is 399. The van der Waals surface area contributed by atoms with Crippen molar-refractivity contribution >= 4 is 21.8 Å². The summed E-state index contributed by atoms with van der Waals surface area (Å²) < 4.78 is 1.82. The highest BCUT2D eigenvalue weighted by atomic mass is 79.9. The van der Waals surface area contributed by atoms with E-state index in [1.54, 1.807) is 12.5 Å². The summed E-state index contributed by atoms with van der Waals surface area (Å²) >= 11 is 3.44. The van der Waals surface area contributed by atoms with Crippen molar-refractivity contribution in [2.24, 2.45) is 7.05 Å². The van der Waals surface area contributed by atoms with Gasteiger partial charge in [-0.2, -0.15) is 0 Å². The van der Waals surface area contributed by atoms with Crippen LogP contribution in [0.15, 0.2) is 12.5 Å². The molecule has 0 N–H and O–H groups in total. The van der Waals surface area contributed by atoms with Gasteiger partial charge in [-0.15, -0.1) is 0 Å². The van der Waals surface area contributed by atoms with Crippen LogP contribution in [0, 0.1) is 0 Å². The number of rotatable bonds is 4. The maximum absolute atomic E-state index is 12.5. The number of hydrogen-bond acceptors (Lipinski definition) is 2. The lowest BCUT2D eigenvalue weighted by molar-refractivity contribution is 0.0645. The fourth-order valence-electron chi connectivity index (χ4n) is 2.60. The second-order valence-electron chi connectivity index (χ2n) is 4.90. The summed E-state index contributed by atoms with van der Waals surface area (Å²) in [6.07, 6.45) is 9.51. The largest absolute Gasteiger partial charge is 0.340 e. The van der Waals surface area contributed by atoms with Crippen molar-refractivity contribution in [2.45, 2.75) is 38.1 Å². The molecule has 0 radical (unpaired) electrons. The van der Waals surface area contributed by atoms with Gasteiger partial charge in [-0.25, -0.2) is 4.98 Å². The molecule has 1 aromatic rings. The molecule has 1 amide bonds. The van der Waals surface area contributed by atoms with Gasteiger partial charge in [-0.3, -0.25) is 4.79 Å². The Balaban J connectivity index is 2.10. The van der Waals surface area contributed by atoms with Crippen LogP contribution in [0.25, 0.3) is 0 Å². The molecule has 4 nitrogen and oxygen atoms in total. The molecular weight excluding hydrogens is 294 g/mol. The highest BCUT2D eigenvalue weighted by Crippen LogP contribution is 2.23. The Morgan fingerprint density at radius 3 is 2.78 bits per heavy atom. The zero-order valence-electron chi connectivity index (χ0n) is 10.8. The van der Waals surface area contributed by atoms with Crippen molar-refractivity contribution in [3.63, 3.8) is 0 Å². The number of imidazole rings is 1. The Kier molecular flexibility index (Phi) is 4.80. The van der Waals surface area contributed by atoms with Crippen molar-refractivity contribution in [1.82, 2.24) is 14.5 Å². The highest BCUT2D eigenvalue weighted by Gasteiger charge is 2.26. The van der Waals surface area contributed by atoms with E-state index in [1.165, 1.54) is 19.3 Å². The zero-order chi connectivity index (χ0) is 13.0. The third-order valence-corrected chi connectivity index (χ3v) is 3.88. The predicted molar refractivity (Wildman–Crippen MR) is 74.9 cm³/mol. The SMILES string of the molecule is Cn1cnc(C(=O)N(CCBr)C2CCCCC2)c1. The monoisotopic (exact) mass is 313 g/mol. The lowest BCUT2D eigenvalue weighted by Gasteiger charge is -2.33. The molecule has 1 saturated carbocycles. The Morgan fingerprint density at radius 1 is 1.50 bits per heavy atom. The summed E-state index contributed by atoms with van der Waals surface area (Å²) in [6, 6.07) is 0.394. The predicted octanol–water partition coefficient (Wildman–Crippen LogP) is 2.59. The normalized spacial score (nSPS) is 16.8. The van der Waals surface area contributed by atoms with Crippen molar-refractivity contribution in [3.05, 3.63) is 18.2 Å². The van der Waals surface area contributed by atoms with Crippen LogP contribution in [0.1, 0.15) is 42.6 Å². The molecule has 2 rings (SSSR count). The molecule has 18 heavy (non-hydrogen) atoms. The molecule has 0 saturated heterocycles. The average molecular weight is 314 g/mol. The third-order valence-electron chi connectivity index (χ3n) is 3.53. The number of carbonyl (C=O) groups is 1. The number of aromatic nitrogens is 2. The van der Waals surface area contributed by atoms with Gasteiger partial charge in [0.15, 0.2) is 0 Å². The topological polar surface area (TPSA) is 38.1 Å². The van der Waals surface area contributed by atoms with E-state index < -0.39 is 0 Å². The standard InChI is InChI=1S/C13H20BrN3O/c1-16-9-12(15-10-16)13(18)17(8-7-14)11-5-3-2-4-6-11/h9-11H,2-8H2,1H3. The summed E-state index contributed by atoms with van der Waals surface area (Å²) in [6.45, 7) is 0.764. The molecule has 1 fully saturated rings. The minimum atomic E-state index is 0.0713. The van der Waals surface area contributed by atoms with E-state index in [0.29, 0.717) is 11.7 Å². The first-order valence-electron chi connectivity index (χ1n) is 6.57. The van der Waals surface area contributed by atoms with Gasteiger partial charge < -0.3 is 9.47 Å². The second-order valence-corrected chi connectivity index (χ2v) is 5.70. The molecule has 1 heterocycles. The van der Waals surface area contributed by atoms with Gasteiger partial charge in [-0.1, -0.05) is 35.2 Å². The molecule has 100 valence electrons. The highest BCUT2D eigenvalue weighted by molar-refractivity contribution is 9.09. The molecule has 0 bridgehead atoms. The maximum atomic E-state index is 12.5. The fourth-order valence-corrected chi connectivity index (χ4v) is 2.99. The molecule has 5 heteroatoms. The van der Waals surface area contributed by atoms with E-state index in [1.807, 2.05) is 16.5 Å². The fraction of sp³-hybridized carbons (Fsp3) is 0.692. The van der Waals surface area contributed by atoms with Crippen LogP contribution < -0.4 is 0 Å². The van der Waals surface area contributed by atoms with Crippen LogP contribution in [-0.2, 0) is 7.05 Å². The summed E-state index contributed by atoms with van der Waals surface area (Å²) in [5.41, 5.74) is 0.559. The molecule has 1 aliphatic rings. The summed E-state index contributed by atoms with van der Waals surface area (Å²) in [4.78, 5) is 18.6. The van der Waals surface area contributed by atoms with Gasteiger partial charge in [0.25, 0.3) is 5.91 Å². The Labute approximate surface area is 117 Å². The molecule has 1 aliphatic carbocycles. The minimum Gasteiger partial charge on any atom is -0.340 e. The molecule has 0 atom stereocenters. The number of amides is 1. The van der Waals surface area contributed by atoms with Crippen LogP contribution in [-0.4, -0.2) is 38.3 Å². The maximum Gasteiger partial charge on any atom is 0.274 e. The van der Waals surface area contributed by atoms with Crippen LogP contribution in [0.2, 0.25) is 0 Å². The van der Waals surface area contributed by atoms with Gasteiger partial charge in [0.05, 0.1) is 6.33 Å². The van der Waals surface area contributed by atoms with Crippen molar-refractivity contribution < 1.29 is 4.79 Å². The molecule has 0 spiro atoms. The smallest absolute Gasteiger partial charge is 0.274 e. The first-order chi connectivity index (χ1) is 8.72. The van der Waals surface area contributed by atoms with Crippen molar-refractivity contribution in [2.75, 3.05) is 11.9 Å². The van der Waals surface area contributed by atoms with Crippen molar-refractivity contribution in [3.8, 4) is 0 Å². The number of aryl methyl sites for hydroxylation is 1. The first-order valence-corrected chi connectivity index (χ1v) is 7.69. The first kappa shape index (κ1) is 13.6. The van der Waals surface area contributed by atoms with Gasteiger partial charge in [-0.05, 0) is 12.8 Å². The third kappa shape index (κ3) is 3.13. The number of hydrogen-bond donors (Lipinski definition) is 0. The van der Waals surface area contributed by atoms with Gasteiger partial charge >= 0.3 is 0 Å². The van der Waals surface area contributed by atoms with E-state index in [4.69, 9.17) is 0 Å². The van der Waals surface area contributed by atoms with Gasteiger partial charge in [0.2, 0.25) is 0 Å². The molecule has 0 unspecified atom stereocenters. The van der Waals surface area contributed by atoms with E-state index in [2.05, 4.69) is 20.9 Å². The average Bonchev–Trinajstić information content (AvgIpc) is 2.83. The Morgan fingerprint density at radius 2 is 2.22 bits per heavy atom. The van der Waals surface area contributed by atoms with E-state index in [9.17, 15) is 4.79 Å². The number of alkyl halides is 1. The number of carbonyl (C=O) groups excluding carboxylic acids is 1. The van der Waals surface area contributed by atoms with Crippen LogP contribution in [0.5, 0.6) is 0 Å². The van der Waals surface area contributed by atoms with E-state index in [0.717, 1.165) is 24.7 Å². The Hall–Kier alpha value is -0.840. The quantitative estimate of drug-likeness (QED) is 0.801. The lowest BCUT2D eigenvalue weighted by atomic mass is 9.94. The molecule has 1 aromatic heterocycles. The molecule has 0 aliphatic heterocycles. The van der Waals surface area contributed by atoms with Crippen molar-refractivity contribution in [1.29, 1.82) is 0 Å². The second kappa shape index (κ2) is 6.36. The lowest BCUT2D eigenvalue weighted by Crippen LogP contribution is -2.42. The van der Waals surface area contributed by atoms with E-state index >= 15 is 0 Å². The van der Waals surface area contributed by atoms with E-state index in [-0.39, 0.29) is 5.91 Å². The van der Waals surface area contributed by atoms with Gasteiger partial charge in [0.1, 0.15) is 5.69 Å². The van der Waals surface area contributed by atoms with Crippen LogP contribution in [0.3, 0.4) is 0 Å². The minimum absolute atomic E-state index is 0.0713. The number of halogens is 1. The van der Waals surface area contributed by atoms with Crippen LogP contribution in [0.4, 0.5) is 0 Å². The van der Waals surface area contributed by atoms with Gasteiger partial charge in [0, 0.05) is 31.2 Å². The summed E-state index contributed by atoms with van der Waals surface area (Å²) in [7, 11) is 1.89. The molecule has 0 aromatic carbocycles. The summed E-state index contributed by atoms with van der Waals surface area (Å²) in [5, 5.41) is 0.822. The number of nitrogens with zero attached hydrogens (tertiary/aromatic N) is 3. The van der Waals surface area contributed by atoms with Crippen LogP contribution >= 0.6 is 15.9 Å². The zero-order valence-corrected chi connectivity index (χ0v) is 12.4. The summed E-state index contributed by atoms with van der Waals surface area (Å²) in [5.74, 6) is 0.0713. The molecular formula is C13H20BrN3O.